The molecule has 0 spiro atoms. The van der Waals surface area contributed by atoms with Crippen molar-refractivity contribution in [3.05, 3.63) is 90.6 Å². The summed E-state index contributed by atoms with van der Waals surface area (Å²) in [6.45, 7) is 2.70. The maximum absolute atomic E-state index is 12.9. The van der Waals surface area contributed by atoms with E-state index in [1.807, 2.05) is 55.5 Å². The number of aromatic nitrogens is 3. The van der Waals surface area contributed by atoms with Gasteiger partial charge in [0.1, 0.15) is 17.2 Å². The molecule has 7 nitrogen and oxygen atoms in total. The predicted octanol–water partition coefficient (Wildman–Crippen LogP) is 2.45. The van der Waals surface area contributed by atoms with Crippen molar-refractivity contribution in [1.82, 2.24) is 14.6 Å². The number of nitrogens with zero attached hydrogens (tertiary/aromatic N) is 3. The summed E-state index contributed by atoms with van der Waals surface area (Å²) in [5.74, 6) is 1.43. The van der Waals surface area contributed by atoms with Crippen LogP contribution in [0.15, 0.2) is 58.1 Å². The predicted molar refractivity (Wildman–Crippen MR) is 120 cm³/mol. The van der Waals surface area contributed by atoms with Crippen LogP contribution in [0.5, 0.6) is 11.5 Å². The smallest absolute Gasteiger partial charge is 0.296 e. The lowest BCUT2D eigenvalue weighted by molar-refractivity contribution is 0.317. The summed E-state index contributed by atoms with van der Waals surface area (Å²) in [6.07, 6.45) is 2.94. The van der Waals surface area contributed by atoms with E-state index in [1.54, 1.807) is 13.2 Å². The van der Waals surface area contributed by atoms with Crippen LogP contribution in [0.1, 0.15) is 30.2 Å². The first kappa shape index (κ1) is 20.7. The van der Waals surface area contributed by atoms with Gasteiger partial charge in [-0.15, -0.1) is 0 Å². The molecule has 0 saturated carbocycles. The Kier molecular flexibility index (Phi) is 6.08. The number of thiazole rings is 1. The van der Waals surface area contributed by atoms with Crippen molar-refractivity contribution < 1.29 is 9.47 Å². The van der Waals surface area contributed by atoms with Gasteiger partial charge in [-0.25, -0.2) is 0 Å². The monoisotopic (exact) mass is 435 g/mol. The van der Waals surface area contributed by atoms with Gasteiger partial charge in [-0.3, -0.25) is 9.59 Å². The molecular formula is C23H21N3O4S. The van der Waals surface area contributed by atoms with E-state index in [4.69, 9.17) is 9.47 Å². The van der Waals surface area contributed by atoms with E-state index in [0.717, 1.165) is 34.6 Å². The van der Waals surface area contributed by atoms with Crippen LogP contribution in [0, 0.1) is 0 Å². The molecular weight excluding hydrogens is 414 g/mol. The van der Waals surface area contributed by atoms with E-state index in [1.165, 1.54) is 4.52 Å². The number of methoxy groups -OCH3 is 1. The molecule has 0 bridgehead atoms. The number of para-hydroxylation sites is 1. The summed E-state index contributed by atoms with van der Waals surface area (Å²) in [4.78, 5) is 29.7. The Morgan fingerprint density at radius 1 is 1.10 bits per heavy atom. The maximum Gasteiger partial charge on any atom is 0.296 e. The average Bonchev–Trinajstić information content (AvgIpc) is 3.08. The minimum Gasteiger partial charge on any atom is -0.496 e. The van der Waals surface area contributed by atoms with Gasteiger partial charge in [-0.1, -0.05) is 48.6 Å². The van der Waals surface area contributed by atoms with Gasteiger partial charge in [0.05, 0.1) is 18.2 Å². The summed E-state index contributed by atoms with van der Waals surface area (Å²) >= 11 is 1.13. The number of benzene rings is 2. The van der Waals surface area contributed by atoms with Crippen LogP contribution in [0.2, 0.25) is 0 Å². The Morgan fingerprint density at radius 3 is 2.61 bits per heavy atom. The molecule has 0 N–H and O–H groups in total. The van der Waals surface area contributed by atoms with Crippen LogP contribution < -0.4 is 25.1 Å². The summed E-state index contributed by atoms with van der Waals surface area (Å²) in [5.41, 5.74) is 1.12. The van der Waals surface area contributed by atoms with E-state index in [-0.39, 0.29) is 22.6 Å². The Bertz CT molecular complexity index is 1380. The molecule has 0 atom stereocenters. The molecule has 0 unspecified atom stereocenters. The van der Waals surface area contributed by atoms with Crippen LogP contribution in [0.3, 0.4) is 0 Å². The first-order chi connectivity index (χ1) is 15.1. The van der Waals surface area contributed by atoms with Gasteiger partial charge < -0.3 is 9.47 Å². The van der Waals surface area contributed by atoms with E-state index in [0.29, 0.717) is 16.9 Å². The Hall–Kier alpha value is -3.52. The third kappa shape index (κ3) is 4.49. The second-order valence-electron chi connectivity index (χ2n) is 6.88. The molecule has 2 heterocycles. The van der Waals surface area contributed by atoms with Crippen LogP contribution >= 0.6 is 11.3 Å². The van der Waals surface area contributed by atoms with E-state index < -0.39 is 5.56 Å². The molecule has 0 aliphatic heterocycles. The summed E-state index contributed by atoms with van der Waals surface area (Å²) in [7, 11) is 1.58. The van der Waals surface area contributed by atoms with Crippen molar-refractivity contribution >= 4 is 22.4 Å². The van der Waals surface area contributed by atoms with E-state index >= 15 is 0 Å². The number of hydrogen-bond acceptors (Lipinski definition) is 7. The lowest BCUT2D eigenvalue weighted by Crippen LogP contribution is -2.28. The van der Waals surface area contributed by atoms with Gasteiger partial charge in [-0.2, -0.15) is 14.6 Å². The highest BCUT2D eigenvalue weighted by molar-refractivity contribution is 7.15. The molecule has 158 valence electrons. The second kappa shape index (κ2) is 9.09. The Labute approximate surface area is 182 Å². The number of hydrogen-bond donors (Lipinski definition) is 0. The van der Waals surface area contributed by atoms with Crippen LogP contribution in [0.4, 0.5) is 0 Å². The molecule has 0 fully saturated rings. The van der Waals surface area contributed by atoms with Crippen molar-refractivity contribution in [3.63, 3.8) is 0 Å². The minimum absolute atomic E-state index is 0.221. The zero-order valence-electron chi connectivity index (χ0n) is 17.2. The first-order valence-electron chi connectivity index (χ1n) is 9.88. The summed E-state index contributed by atoms with van der Waals surface area (Å²) < 4.78 is 12.5. The summed E-state index contributed by atoms with van der Waals surface area (Å²) in [5, 5.41) is 4.30. The normalized spacial score (nSPS) is 11.7. The van der Waals surface area contributed by atoms with Crippen molar-refractivity contribution in [2.75, 3.05) is 13.7 Å². The largest absolute Gasteiger partial charge is 0.496 e. The fourth-order valence-electron chi connectivity index (χ4n) is 3.10. The number of rotatable bonds is 7. The molecule has 4 aromatic rings. The van der Waals surface area contributed by atoms with Gasteiger partial charge >= 0.3 is 0 Å². The highest BCUT2D eigenvalue weighted by Crippen LogP contribution is 2.18. The van der Waals surface area contributed by atoms with Crippen LogP contribution in [-0.4, -0.2) is 28.3 Å². The highest BCUT2D eigenvalue weighted by Gasteiger charge is 2.12. The number of fused-ring (bicyclic) bond motifs is 1. The fourth-order valence-corrected chi connectivity index (χ4v) is 3.99. The third-order valence-electron chi connectivity index (χ3n) is 4.64. The molecule has 4 rings (SSSR count). The third-order valence-corrected chi connectivity index (χ3v) is 5.60. The van der Waals surface area contributed by atoms with Gasteiger partial charge in [0.2, 0.25) is 4.96 Å². The van der Waals surface area contributed by atoms with Crippen LogP contribution in [-0.2, 0) is 6.42 Å². The SMILES string of the molecule is CCCOc1ccc(Cc2nn3c(=O)/c(=C/c4ccccc4OC)sc3nc2=O)cc1. The zero-order valence-corrected chi connectivity index (χ0v) is 18.0. The maximum atomic E-state index is 12.9. The lowest BCUT2D eigenvalue weighted by Gasteiger charge is -2.05. The Balaban J connectivity index is 1.69. The molecule has 0 saturated heterocycles. The van der Waals surface area contributed by atoms with Gasteiger partial charge in [0.15, 0.2) is 0 Å². The molecule has 31 heavy (non-hydrogen) atoms. The molecule has 2 aromatic heterocycles. The van der Waals surface area contributed by atoms with Crippen molar-refractivity contribution in [3.8, 4) is 11.5 Å². The van der Waals surface area contributed by atoms with Gasteiger partial charge in [-0.05, 0) is 36.3 Å². The topological polar surface area (TPSA) is 82.8 Å². The molecule has 0 aliphatic rings. The fraction of sp³-hybridized carbons (Fsp3) is 0.217. The molecule has 0 amide bonds. The standard InChI is InChI=1S/C23H21N3O4S/c1-3-12-30-17-10-8-15(9-11-17)13-18-21(27)24-23-26(25-18)22(28)20(31-23)14-16-6-4-5-7-19(16)29-2/h4-11,14H,3,12-13H2,1-2H3/b20-14-. The molecule has 0 aliphatic carbocycles. The van der Waals surface area contributed by atoms with Crippen molar-refractivity contribution in [2.45, 2.75) is 19.8 Å². The van der Waals surface area contributed by atoms with E-state index in [9.17, 15) is 9.59 Å². The highest BCUT2D eigenvalue weighted by atomic mass is 32.1. The quantitative estimate of drug-likeness (QED) is 0.444. The summed E-state index contributed by atoms with van der Waals surface area (Å²) in [6, 6.07) is 14.9. The minimum atomic E-state index is -0.434. The first-order valence-corrected chi connectivity index (χ1v) is 10.7. The van der Waals surface area contributed by atoms with Crippen molar-refractivity contribution in [1.29, 1.82) is 0 Å². The second-order valence-corrected chi connectivity index (χ2v) is 7.89. The van der Waals surface area contributed by atoms with E-state index in [2.05, 4.69) is 10.1 Å². The molecule has 8 heteroatoms. The Morgan fingerprint density at radius 2 is 1.87 bits per heavy atom. The number of ether oxygens (including phenoxy) is 2. The van der Waals surface area contributed by atoms with Gasteiger partial charge in [0, 0.05) is 12.0 Å². The van der Waals surface area contributed by atoms with Crippen LogP contribution in [0.25, 0.3) is 11.0 Å². The van der Waals surface area contributed by atoms with Crippen molar-refractivity contribution in [2.24, 2.45) is 0 Å². The molecule has 0 radical (unpaired) electrons. The molecule has 2 aromatic carbocycles. The lowest BCUT2D eigenvalue weighted by atomic mass is 10.1. The zero-order chi connectivity index (χ0) is 21.8. The average molecular weight is 436 g/mol. The van der Waals surface area contributed by atoms with Gasteiger partial charge in [0.25, 0.3) is 11.1 Å².